The normalized spacial score (nSPS) is 11.7. The molecule has 0 saturated heterocycles. The van der Waals surface area contributed by atoms with E-state index in [-0.39, 0.29) is 0 Å². The van der Waals surface area contributed by atoms with Gasteiger partial charge in [0.05, 0.1) is 11.0 Å². The van der Waals surface area contributed by atoms with Gasteiger partial charge in [0.25, 0.3) is 0 Å². The van der Waals surface area contributed by atoms with Crippen LogP contribution in [0.5, 0.6) is 0 Å². The van der Waals surface area contributed by atoms with Gasteiger partial charge >= 0.3 is 0 Å². The van der Waals surface area contributed by atoms with Gasteiger partial charge in [0.15, 0.2) is 0 Å². The van der Waals surface area contributed by atoms with E-state index < -0.39 is 0 Å². The number of hydrogen-bond donors (Lipinski definition) is 1. The first-order valence-corrected chi connectivity index (χ1v) is 16.8. The van der Waals surface area contributed by atoms with Gasteiger partial charge in [-0.25, -0.2) is 4.98 Å². The minimum Gasteiger partial charge on any atom is -0.338 e. The van der Waals surface area contributed by atoms with Crippen LogP contribution in [-0.4, -0.2) is 9.97 Å². The summed E-state index contributed by atoms with van der Waals surface area (Å²) in [7, 11) is 0. The smallest absolute Gasteiger partial charge is 0.138 e. The zero-order valence-electron chi connectivity index (χ0n) is 26.7. The van der Waals surface area contributed by atoms with Crippen LogP contribution >= 0.6 is 0 Å². The number of para-hydroxylation sites is 2. The summed E-state index contributed by atoms with van der Waals surface area (Å²) >= 11 is 0. The van der Waals surface area contributed by atoms with Gasteiger partial charge in [-0.3, -0.25) is 0 Å². The van der Waals surface area contributed by atoms with Crippen molar-refractivity contribution in [2.45, 2.75) is 0 Å². The Morgan fingerprint density at radius 1 is 0.327 bits per heavy atom. The maximum atomic E-state index is 4.82. The molecule has 0 aliphatic rings. The van der Waals surface area contributed by atoms with Crippen LogP contribution in [0.4, 0.5) is 0 Å². The van der Waals surface area contributed by atoms with Crippen LogP contribution in [0.2, 0.25) is 0 Å². The van der Waals surface area contributed by atoms with Gasteiger partial charge in [-0.15, -0.1) is 0 Å². The average molecular weight is 623 g/mol. The minimum absolute atomic E-state index is 0.886. The predicted molar refractivity (Wildman–Crippen MR) is 208 cm³/mol. The second-order valence-electron chi connectivity index (χ2n) is 12.9. The number of H-pyrrole nitrogens is 1. The van der Waals surface area contributed by atoms with Gasteiger partial charge in [0.1, 0.15) is 5.82 Å². The van der Waals surface area contributed by atoms with Crippen molar-refractivity contribution in [2.75, 3.05) is 0 Å². The molecule has 0 aliphatic heterocycles. The summed E-state index contributed by atoms with van der Waals surface area (Å²) in [6, 6.07) is 63.9. The van der Waals surface area contributed by atoms with Gasteiger partial charge in [-0.2, -0.15) is 0 Å². The molecular weight excluding hydrogens is 593 g/mol. The van der Waals surface area contributed by atoms with E-state index in [1.165, 1.54) is 76.5 Å². The molecule has 10 rings (SSSR count). The molecular formula is C47H30N2. The van der Waals surface area contributed by atoms with Crippen LogP contribution in [0.15, 0.2) is 176 Å². The highest BCUT2D eigenvalue weighted by atomic mass is 14.9. The standard InChI is InChI=1S/C47H30N2/c1-3-11-34-27-37(23-19-30(34)9-1)45-39-13-5-6-14-40(39)46(38-24-20-31-10-2-4-12-35(31)28-38)42-29-36(25-26-41(42)45)32-17-21-33(22-18-32)47-48-43-15-7-8-16-44(43)49-47/h1-29H,(H,48,49). The average Bonchev–Trinajstić information content (AvgIpc) is 3.61. The maximum absolute atomic E-state index is 4.82. The largest absolute Gasteiger partial charge is 0.338 e. The summed E-state index contributed by atoms with van der Waals surface area (Å²) in [5.74, 6) is 0.886. The number of benzene rings is 9. The SMILES string of the molecule is c1ccc2cc(-c3c4ccccc4c(-c4ccc5ccccc5c4)c4cc(-c5ccc(-c6nc7ccccc7[nH]6)cc5)ccc34)ccc2c1. The van der Waals surface area contributed by atoms with Crippen molar-refractivity contribution >= 4 is 54.1 Å². The number of hydrogen-bond acceptors (Lipinski definition) is 1. The Morgan fingerprint density at radius 2 is 0.816 bits per heavy atom. The molecule has 0 atom stereocenters. The third-order valence-electron chi connectivity index (χ3n) is 9.98. The number of nitrogens with zero attached hydrogens (tertiary/aromatic N) is 1. The van der Waals surface area contributed by atoms with Crippen LogP contribution in [0.3, 0.4) is 0 Å². The molecule has 1 aromatic heterocycles. The molecule has 1 heterocycles. The van der Waals surface area contributed by atoms with Crippen LogP contribution in [0.1, 0.15) is 0 Å². The molecule has 0 amide bonds. The van der Waals surface area contributed by atoms with Gasteiger partial charge in [-0.05, 0) is 107 Å². The van der Waals surface area contributed by atoms with Crippen molar-refractivity contribution in [3.8, 4) is 44.8 Å². The Kier molecular flexibility index (Phi) is 6.22. The maximum Gasteiger partial charge on any atom is 0.138 e. The molecule has 0 spiro atoms. The molecule has 49 heavy (non-hydrogen) atoms. The highest BCUT2D eigenvalue weighted by Gasteiger charge is 2.18. The predicted octanol–water partition coefficient (Wildman–Crippen LogP) is 12.8. The number of nitrogens with one attached hydrogen (secondary N) is 1. The Morgan fingerprint density at radius 3 is 1.47 bits per heavy atom. The third kappa shape index (κ3) is 4.61. The van der Waals surface area contributed by atoms with E-state index in [2.05, 4.69) is 163 Å². The monoisotopic (exact) mass is 622 g/mol. The van der Waals surface area contributed by atoms with E-state index in [4.69, 9.17) is 4.98 Å². The number of aromatic amines is 1. The van der Waals surface area contributed by atoms with Gasteiger partial charge < -0.3 is 4.98 Å². The zero-order chi connectivity index (χ0) is 32.3. The number of imidazole rings is 1. The quantitative estimate of drug-likeness (QED) is 0.194. The molecule has 0 bridgehead atoms. The minimum atomic E-state index is 0.886. The van der Waals surface area contributed by atoms with Crippen LogP contribution < -0.4 is 0 Å². The lowest BCUT2D eigenvalue weighted by Gasteiger charge is -2.19. The summed E-state index contributed by atoms with van der Waals surface area (Å²) in [5, 5.41) is 10.0. The van der Waals surface area contributed by atoms with Gasteiger partial charge in [-0.1, -0.05) is 146 Å². The van der Waals surface area contributed by atoms with E-state index in [9.17, 15) is 0 Å². The van der Waals surface area contributed by atoms with Gasteiger partial charge in [0, 0.05) is 5.56 Å². The number of aromatic nitrogens is 2. The fraction of sp³-hybridized carbons (Fsp3) is 0. The van der Waals surface area contributed by atoms with Crippen LogP contribution in [0.25, 0.3) is 98.9 Å². The molecule has 2 heteroatoms. The van der Waals surface area contributed by atoms with Crippen LogP contribution in [0, 0.1) is 0 Å². The van der Waals surface area contributed by atoms with E-state index >= 15 is 0 Å². The summed E-state index contributed by atoms with van der Waals surface area (Å²) in [4.78, 5) is 8.30. The molecule has 2 nitrogen and oxygen atoms in total. The first-order chi connectivity index (χ1) is 24.3. The van der Waals surface area contributed by atoms with E-state index in [1.54, 1.807) is 0 Å². The first-order valence-electron chi connectivity index (χ1n) is 16.8. The fourth-order valence-corrected chi connectivity index (χ4v) is 7.58. The second kappa shape index (κ2) is 11.0. The van der Waals surface area contributed by atoms with Crippen molar-refractivity contribution in [1.82, 2.24) is 9.97 Å². The molecule has 0 fully saturated rings. The van der Waals surface area contributed by atoms with Gasteiger partial charge in [0.2, 0.25) is 0 Å². The summed E-state index contributed by atoms with van der Waals surface area (Å²) < 4.78 is 0. The highest BCUT2D eigenvalue weighted by molar-refractivity contribution is 6.22. The van der Waals surface area contributed by atoms with Crippen molar-refractivity contribution in [3.05, 3.63) is 176 Å². The molecule has 10 aromatic rings. The molecule has 228 valence electrons. The molecule has 1 N–H and O–H groups in total. The van der Waals surface area contributed by atoms with Crippen molar-refractivity contribution in [3.63, 3.8) is 0 Å². The summed E-state index contributed by atoms with van der Waals surface area (Å²) in [6.45, 7) is 0. The van der Waals surface area contributed by atoms with Crippen molar-refractivity contribution in [2.24, 2.45) is 0 Å². The van der Waals surface area contributed by atoms with Crippen molar-refractivity contribution < 1.29 is 0 Å². The fourth-order valence-electron chi connectivity index (χ4n) is 7.58. The molecule has 9 aromatic carbocycles. The lowest BCUT2D eigenvalue weighted by Crippen LogP contribution is -1.92. The first kappa shape index (κ1) is 27.6. The lowest BCUT2D eigenvalue weighted by molar-refractivity contribution is 1.34. The molecule has 0 aliphatic carbocycles. The summed E-state index contributed by atoms with van der Waals surface area (Å²) in [5.41, 5.74) is 10.4. The van der Waals surface area contributed by atoms with E-state index in [0.717, 1.165) is 22.4 Å². The number of fused-ring (bicyclic) bond motifs is 5. The number of rotatable bonds is 4. The Hall–Kier alpha value is -6.51. The Labute approximate surface area is 283 Å². The topological polar surface area (TPSA) is 28.7 Å². The molecule has 0 radical (unpaired) electrons. The highest BCUT2D eigenvalue weighted by Crippen LogP contribution is 2.45. The van der Waals surface area contributed by atoms with E-state index in [0.29, 0.717) is 0 Å². The van der Waals surface area contributed by atoms with Crippen LogP contribution in [-0.2, 0) is 0 Å². The lowest BCUT2D eigenvalue weighted by atomic mass is 9.84. The second-order valence-corrected chi connectivity index (χ2v) is 12.9. The summed E-state index contributed by atoms with van der Waals surface area (Å²) in [6.07, 6.45) is 0. The Bertz CT molecular complexity index is 2840. The zero-order valence-corrected chi connectivity index (χ0v) is 26.7. The molecule has 0 unspecified atom stereocenters. The third-order valence-corrected chi connectivity index (χ3v) is 9.98. The Balaban J connectivity index is 1.21. The van der Waals surface area contributed by atoms with Crippen molar-refractivity contribution in [1.29, 1.82) is 0 Å². The molecule has 0 saturated carbocycles. The van der Waals surface area contributed by atoms with E-state index in [1.807, 2.05) is 18.2 Å².